The summed E-state index contributed by atoms with van der Waals surface area (Å²) in [5, 5.41) is 3.58. The van der Waals surface area contributed by atoms with Crippen LogP contribution in [0.4, 0.5) is 13.2 Å². The highest BCUT2D eigenvalue weighted by Gasteiger charge is 2.31. The van der Waals surface area contributed by atoms with Crippen molar-refractivity contribution in [2.75, 3.05) is 6.26 Å². The average molecular weight is 426 g/mol. The first kappa shape index (κ1) is 23.2. The Morgan fingerprint density at radius 3 is 2.31 bits per heavy atom. The zero-order valence-corrected chi connectivity index (χ0v) is 18.0. The van der Waals surface area contributed by atoms with Crippen LogP contribution in [0.1, 0.15) is 54.4 Å². The molecule has 1 amide bonds. The molecule has 0 aliphatic rings. The Bertz CT molecular complexity index is 845. The van der Waals surface area contributed by atoms with E-state index in [0.717, 1.165) is 29.1 Å². The van der Waals surface area contributed by atoms with Crippen molar-refractivity contribution in [1.82, 2.24) is 15.3 Å². The van der Waals surface area contributed by atoms with Gasteiger partial charge in [0.25, 0.3) is 0 Å². The minimum Gasteiger partial charge on any atom is -0.349 e. The second-order valence-electron chi connectivity index (χ2n) is 7.27. The first-order valence-corrected chi connectivity index (χ1v) is 10.6. The number of hydrogen-bond acceptors (Lipinski definition) is 4. The van der Waals surface area contributed by atoms with Crippen molar-refractivity contribution >= 4 is 17.7 Å². The molecule has 1 heterocycles. The van der Waals surface area contributed by atoms with Crippen molar-refractivity contribution in [3.05, 3.63) is 52.3 Å². The molecular formula is C21H26F3N3OS. The maximum atomic E-state index is 13.0. The Hall–Kier alpha value is -2.09. The predicted octanol–water partition coefficient (Wildman–Crippen LogP) is 5.28. The van der Waals surface area contributed by atoms with Crippen LogP contribution < -0.4 is 5.32 Å². The minimum atomic E-state index is -4.42. The zero-order chi connectivity index (χ0) is 21.8. The van der Waals surface area contributed by atoms with Crippen LogP contribution in [0.25, 0.3) is 0 Å². The number of nitrogens with one attached hydrogen (secondary N) is 1. The molecule has 2 rings (SSSR count). The SMILES string of the molecule is CSc1nc(C)c(CCC(=O)NC(c2cccc(C(F)(F)F)c2)C(C)C)c(C)n1. The summed E-state index contributed by atoms with van der Waals surface area (Å²) < 4.78 is 39.1. The van der Waals surface area contributed by atoms with Gasteiger partial charge in [-0.3, -0.25) is 4.79 Å². The van der Waals surface area contributed by atoms with E-state index in [1.165, 1.54) is 17.8 Å². The fourth-order valence-electron chi connectivity index (χ4n) is 3.19. The molecule has 1 aromatic heterocycles. The Balaban J connectivity index is 2.12. The number of alkyl halides is 3. The number of aryl methyl sites for hydroxylation is 2. The Labute approximate surface area is 173 Å². The van der Waals surface area contributed by atoms with Crippen LogP contribution in [0.15, 0.2) is 29.4 Å². The summed E-state index contributed by atoms with van der Waals surface area (Å²) in [6, 6.07) is 4.63. The van der Waals surface area contributed by atoms with Crippen LogP contribution >= 0.6 is 11.8 Å². The summed E-state index contributed by atoms with van der Waals surface area (Å²) >= 11 is 1.46. The summed E-state index contributed by atoms with van der Waals surface area (Å²) in [6.45, 7) is 7.52. The van der Waals surface area contributed by atoms with Gasteiger partial charge in [-0.25, -0.2) is 9.97 Å². The summed E-state index contributed by atoms with van der Waals surface area (Å²) in [5.74, 6) is -0.274. The monoisotopic (exact) mass is 425 g/mol. The molecule has 0 saturated carbocycles. The minimum absolute atomic E-state index is 0.0601. The lowest BCUT2D eigenvalue weighted by molar-refractivity contribution is -0.137. The maximum absolute atomic E-state index is 13.0. The van der Waals surface area contributed by atoms with Gasteiger partial charge in [0.05, 0.1) is 11.6 Å². The zero-order valence-electron chi connectivity index (χ0n) is 17.2. The third-order valence-corrected chi connectivity index (χ3v) is 5.29. The lowest BCUT2D eigenvalue weighted by Gasteiger charge is -2.24. The van der Waals surface area contributed by atoms with E-state index < -0.39 is 17.8 Å². The summed E-state index contributed by atoms with van der Waals surface area (Å²) in [5.41, 5.74) is 2.34. The predicted molar refractivity (Wildman–Crippen MR) is 109 cm³/mol. The molecule has 0 radical (unpaired) electrons. The highest BCUT2D eigenvalue weighted by molar-refractivity contribution is 7.98. The van der Waals surface area contributed by atoms with Crippen LogP contribution in [-0.2, 0) is 17.4 Å². The Morgan fingerprint density at radius 1 is 1.17 bits per heavy atom. The van der Waals surface area contributed by atoms with Gasteiger partial charge in [0, 0.05) is 17.8 Å². The van der Waals surface area contributed by atoms with Crippen LogP contribution in [-0.4, -0.2) is 22.1 Å². The van der Waals surface area contributed by atoms with Crippen molar-refractivity contribution in [2.24, 2.45) is 5.92 Å². The van der Waals surface area contributed by atoms with Crippen molar-refractivity contribution in [2.45, 2.75) is 57.9 Å². The molecule has 8 heteroatoms. The number of nitrogens with zero attached hydrogens (tertiary/aromatic N) is 2. The lowest BCUT2D eigenvalue weighted by atomic mass is 9.94. The molecule has 0 spiro atoms. The molecule has 0 saturated heterocycles. The van der Waals surface area contributed by atoms with E-state index in [-0.39, 0.29) is 18.2 Å². The largest absolute Gasteiger partial charge is 0.416 e. The van der Waals surface area contributed by atoms with Crippen LogP contribution in [0, 0.1) is 19.8 Å². The highest BCUT2D eigenvalue weighted by Crippen LogP contribution is 2.32. The molecule has 1 aromatic carbocycles. The summed E-state index contributed by atoms with van der Waals surface area (Å²) in [6.07, 6.45) is -1.82. The van der Waals surface area contributed by atoms with E-state index in [0.29, 0.717) is 17.1 Å². The normalized spacial score (nSPS) is 12.9. The molecule has 158 valence electrons. The topological polar surface area (TPSA) is 54.9 Å². The van der Waals surface area contributed by atoms with E-state index in [2.05, 4.69) is 15.3 Å². The van der Waals surface area contributed by atoms with E-state index in [4.69, 9.17) is 0 Å². The molecule has 1 atom stereocenters. The third-order valence-electron chi connectivity index (χ3n) is 4.74. The van der Waals surface area contributed by atoms with Gasteiger partial charge in [-0.2, -0.15) is 13.2 Å². The molecule has 0 aliphatic heterocycles. The van der Waals surface area contributed by atoms with Crippen LogP contribution in [0.5, 0.6) is 0 Å². The highest BCUT2D eigenvalue weighted by atomic mass is 32.2. The fourth-order valence-corrected chi connectivity index (χ4v) is 3.65. The van der Waals surface area contributed by atoms with Crippen LogP contribution in [0.3, 0.4) is 0 Å². The Morgan fingerprint density at radius 2 is 1.79 bits per heavy atom. The van der Waals surface area contributed by atoms with Gasteiger partial charge >= 0.3 is 6.18 Å². The molecule has 0 aliphatic carbocycles. The summed E-state index contributed by atoms with van der Waals surface area (Å²) in [7, 11) is 0. The number of amides is 1. The van der Waals surface area contributed by atoms with E-state index in [1.807, 2.05) is 34.0 Å². The number of hydrogen-bond donors (Lipinski definition) is 1. The number of halogens is 3. The maximum Gasteiger partial charge on any atom is 0.416 e. The number of thioether (sulfide) groups is 1. The number of benzene rings is 1. The van der Waals surface area contributed by atoms with Crippen molar-refractivity contribution in [3.8, 4) is 0 Å². The molecule has 0 bridgehead atoms. The van der Waals surface area contributed by atoms with E-state index in [9.17, 15) is 18.0 Å². The molecule has 1 unspecified atom stereocenters. The first-order chi connectivity index (χ1) is 13.5. The number of carbonyl (C=O) groups excluding carboxylic acids is 1. The molecule has 2 aromatic rings. The first-order valence-electron chi connectivity index (χ1n) is 9.37. The second-order valence-corrected chi connectivity index (χ2v) is 8.05. The van der Waals surface area contributed by atoms with Gasteiger partial charge in [0.2, 0.25) is 5.91 Å². The average Bonchev–Trinajstić information content (AvgIpc) is 2.64. The van der Waals surface area contributed by atoms with E-state index in [1.54, 1.807) is 6.07 Å². The van der Waals surface area contributed by atoms with Crippen molar-refractivity contribution in [1.29, 1.82) is 0 Å². The second kappa shape index (κ2) is 9.61. The smallest absolute Gasteiger partial charge is 0.349 e. The quantitative estimate of drug-likeness (QED) is 0.484. The standard InChI is InChI=1S/C21H26F3N3OS/c1-12(2)19(15-7-6-8-16(11-15)21(22,23)24)27-18(28)10-9-17-13(3)25-20(29-5)26-14(17)4/h6-8,11-12,19H,9-10H2,1-5H3,(H,27,28). The molecule has 1 N–H and O–H groups in total. The molecule has 4 nitrogen and oxygen atoms in total. The number of carbonyl (C=O) groups is 1. The van der Waals surface area contributed by atoms with E-state index >= 15 is 0 Å². The third kappa shape index (κ3) is 6.19. The number of rotatable bonds is 7. The van der Waals surface area contributed by atoms with Crippen molar-refractivity contribution in [3.63, 3.8) is 0 Å². The molecular weight excluding hydrogens is 399 g/mol. The van der Waals surface area contributed by atoms with Gasteiger partial charge in [-0.05, 0) is 55.7 Å². The van der Waals surface area contributed by atoms with Gasteiger partial charge in [0.15, 0.2) is 5.16 Å². The number of aromatic nitrogens is 2. The van der Waals surface area contributed by atoms with Crippen LogP contribution in [0.2, 0.25) is 0 Å². The lowest BCUT2D eigenvalue weighted by Crippen LogP contribution is -2.32. The van der Waals surface area contributed by atoms with Gasteiger partial charge in [-0.15, -0.1) is 0 Å². The van der Waals surface area contributed by atoms with Gasteiger partial charge in [0.1, 0.15) is 0 Å². The molecule has 29 heavy (non-hydrogen) atoms. The fraction of sp³-hybridized carbons (Fsp3) is 0.476. The van der Waals surface area contributed by atoms with Gasteiger partial charge in [-0.1, -0.05) is 37.7 Å². The Kier molecular flexibility index (Phi) is 7.68. The summed E-state index contributed by atoms with van der Waals surface area (Å²) in [4.78, 5) is 21.4. The molecule has 0 fully saturated rings. The van der Waals surface area contributed by atoms with Gasteiger partial charge < -0.3 is 5.32 Å². The van der Waals surface area contributed by atoms with Crippen molar-refractivity contribution < 1.29 is 18.0 Å².